The zero-order valence-corrected chi connectivity index (χ0v) is 11.7. The van der Waals surface area contributed by atoms with E-state index < -0.39 is 4.92 Å². The van der Waals surface area contributed by atoms with Gasteiger partial charge in [0.15, 0.2) is 0 Å². The molecule has 0 aliphatic rings. The molecular weight excluding hydrogens is 270 g/mol. The van der Waals surface area contributed by atoms with Gasteiger partial charge in [-0.15, -0.1) is 0 Å². The van der Waals surface area contributed by atoms with Crippen LogP contribution in [0.5, 0.6) is 0 Å². The van der Waals surface area contributed by atoms with Crippen molar-refractivity contribution in [3.63, 3.8) is 0 Å². The molecule has 0 atom stereocenters. The minimum Gasteiger partial charge on any atom is -0.379 e. The van der Waals surface area contributed by atoms with Crippen LogP contribution < -0.4 is 10.6 Å². The fourth-order valence-corrected chi connectivity index (χ4v) is 1.85. The highest BCUT2D eigenvalue weighted by atomic mass is 35.5. The molecule has 1 amide bonds. The first-order chi connectivity index (χ1) is 8.86. The van der Waals surface area contributed by atoms with Gasteiger partial charge in [-0.2, -0.15) is 0 Å². The van der Waals surface area contributed by atoms with Crippen molar-refractivity contribution >= 4 is 28.9 Å². The maximum Gasteiger partial charge on any atom is 0.294 e. The number of carbonyl (C=O) groups is 1. The summed E-state index contributed by atoms with van der Waals surface area (Å²) in [6.45, 7) is 5.92. The van der Waals surface area contributed by atoms with Gasteiger partial charge in [-0.3, -0.25) is 14.9 Å². The van der Waals surface area contributed by atoms with Gasteiger partial charge in [0.05, 0.1) is 9.95 Å². The molecule has 0 spiro atoms. The summed E-state index contributed by atoms with van der Waals surface area (Å²) in [5, 5.41) is 16.7. The summed E-state index contributed by atoms with van der Waals surface area (Å²) in [5.74, 6) is -0.386. The Morgan fingerprint density at radius 1 is 1.47 bits per heavy atom. The molecule has 19 heavy (non-hydrogen) atoms. The van der Waals surface area contributed by atoms with Crippen LogP contribution in [0.25, 0.3) is 0 Å². The Bertz CT molecular complexity index is 503. The van der Waals surface area contributed by atoms with Crippen LogP contribution in [0.15, 0.2) is 12.1 Å². The molecule has 1 aromatic rings. The van der Waals surface area contributed by atoms with E-state index in [4.69, 9.17) is 11.6 Å². The zero-order valence-electron chi connectivity index (χ0n) is 11.0. The summed E-state index contributed by atoms with van der Waals surface area (Å²) in [6, 6.07) is 2.59. The third-order valence-corrected chi connectivity index (χ3v) is 2.60. The fraction of sp³-hybridized carbons (Fsp3) is 0.417. The molecule has 0 radical (unpaired) electrons. The third kappa shape index (κ3) is 3.82. The fourth-order valence-electron chi connectivity index (χ4n) is 1.56. The van der Waals surface area contributed by atoms with E-state index in [9.17, 15) is 14.9 Å². The molecule has 0 aliphatic heterocycles. The number of nitrogens with zero attached hydrogens (tertiary/aromatic N) is 1. The van der Waals surface area contributed by atoms with Crippen LogP contribution in [0, 0.1) is 10.1 Å². The standard InChI is InChI=1S/C12H16ClN3O3/c1-4-14-11-9(13)5-8(6-10(11)16(18)19)12(17)15-7(2)3/h5-7,14H,4H2,1-3H3,(H,15,17). The molecule has 0 heterocycles. The molecule has 104 valence electrons. The number of benzene rings is 1. The van der Waals surface area contributed by atoms with Crippen LogP contribution in [-0.4, -0.2) is 23.4 Å². The quantitative estimate of drug-likeness (QED) is 0.643. The van der Waals surface area contributed by atoms with Gasteiger partial charge in [-0.1, -0.05) is 11.6 Å². The molecule has 0 fully saturated rings. The van der Waals surface area contributed by atoms with E-state index in [2.05, 4.69) is 10.6 Å². The highest BCUT2D eigenvalue weighted by molar-refractivity contribution is 6.34. The lowest BCUT2D eigenvalue weighted by atomic mass is 10.1. The average molecular weight is 286 g/mol. The summed E-state index contributed by atoms with van der Waals surface area (Å²) in [5.41, 5.74) is 0.200. The summed E-state index contributed by atoms with van der Waals surface area (Å²) in [4.78, 5) is 22.3. The first kappa shape index (κ1) is 15.2. The van der Waals surface area contributed by atoms with Crippen molar-refractivity contribution in [3.05, 3.63) is 32.8 Å². The SMILES string of the molecule is CCNc1c(Cl)cc(C(=O)NC(C)C)cc1[N+](=O)[O-]. The van der Waals surface area contributed by atoms with Crippen LogP contribution in [0.2, 0.25) is 5.02 Å². The van der Waals surface area contributed by atoms with Crippen LogP contribution in [0.3, 0.4) is 0 Å². The lowest BCUT2D eigenvalue weighted by Crippen LogP contribution is -2.30. The van der Waals surface area contributed by atoms with Crippen molar-refractivity contribution in [1.29, 1.82) is 0 Å². The van der Waals surface area contributed by atoms with Crippen molar-refractivity contribution < 1.29 is 9.72 Å². The Labute approximate surface area is 116 Å². The maximum absolute atomic E-state index is 11.8. The van der Waals surface area contributed by atoms with E-state index in [1.807, 2.05) is 0 Å². The van der Waals surface area contributed by atoms with E-state index in [-0.39, 0.29) is 33.9 Å². The number of halogens is 1. The minimum atomic E-state index is -0.559. The van der Waals surface area contributed by atoms with E-state index in [0.29, 0.717) is 6.54 Å². The van der Waals surface area contributed by atoms with Crippen molar-refractivity contribution in [2.75, 3.05) is 11.9 Å². The number of anilines is 1. The molecular formula is C12H16ClN3O3. The minimum absolute atomic E-state index is 0.0567. The molecule has 0 unspecified atom stereocenters. The number of rotatable bonds is 5. The summed E-state index contributed by atoms with van der Waals surface area (Å²) >= 11 is 5.99. The topological polar surface area (TPSA) is 84.3 Å². The lowest BCUT2D eigenvalue weighted by molar-refractivity contribution is -0.384. The van der Waals surface area contributed by atoms with Gasteiger partial charge in [0.2, 0.25) is 0 Å². The van der Waals surface area contributed by atoms with E-state index in [1.54, 1.807) is 20.8 Å². The number of nitro groups is 1. The van der Waals surface area contributed by atoms with Gasteiger partial charge < -0.3 is 10.6 Å². The molecule has 1 aromatic carbocycles. The predicted molar refractivity (Wildman–Crippen MR) is 74.9 cm³/mol. The molecule has 0 saturated heterocycles. The Morgan fingerprint density at radius 2 is 2.11 bits per heavy atom. The second kappa shape index (κ2) is 6.38. The number of hydrogen-bond donors (Lipinski definition) is 2. The predicted octanol–water partition coefficient (Wildman–Crippen LogP) is 2.82. The smallest absolute Gasteiger partial charge is 0.294 e. The summed E-state index contributed by atoms with van der Waals surface area (Å²) < 4.78 is 0. The number of nitro benzene ring substituents is 1. The molecule has 0 aliphatic carbocycles. The monoisotopic (exact) mass is 285 g/mol. The highest BCUT2D eigenvalue weighted by Gasteiger charge is 2.21. The Balaban J connectivity index is 3.24. The first-order valence-electron chi connectivity index (χ1n) is 5.89. The van der Waals surface area contributed by atoms with E-state index in [1.165, 1.54) is 12.1 Å². The molecule has 0 bridgehead atoms. The Kier molecular flexibility index (Phi) is 5.11. The van der Waals surface area contributed by atoms with Gasteiger partial charge >= 0.3 is 0 Å². The van der Waals surface area contributed by atoms with Crippen molar-refractivity contribution in [3.8, 4) is 0 Å². The van der Waals surface area contributed by atoms with Crippen LogP contribution >= 0.6 is 11.6 Å². The summed E-state index contributed by atoms with van der Waals surface area (Å²) in [7, 11) is 0. The van der Waals surface area contributed by atoms with Gasteiger partial charge in [-0.25, -0.2) is 0 Å². The van der Waals surface area contributed by atoms with Crippen LogP contribution in [-0.2, 0) is 0 Å². The van der Waals surface area contributed by atoms with E-state index >= 15 is 0 Å². The number of amides is 1. The third-order valence-electron chi connectivity index (χ3n) is 2.30. The van der Waals surface area contributed by atoms with Gasteiger partial charge in [0.1, 0.15) is 5.69 Å². The van der Waals surface area contributed by atoms with Gasteiger partial charge in [0, 0.05) is 24.2 Å². The number of carbonyl (C=O) groups excluding carboxylic acids is 1. The van der Waals surface area contributed by atoms with Crippen molar-refractivity contribution in [1.82, 2.24) is 5.32 Å². The lowest BCUT2D eigenvalue weighted by Gasteiger charge is -2.11. The molecule has 0 saturated carbocycles. The van der Waals surface area contributed by atoms with Crippen LogP contribution in [0.1, 0.15) is 31.1 Å². The normalized spacial score (nSPS) is 10.4. The van der Waals surface area contributed by atoms with Crippen molar-refractivity contribution in [2.24, 2.45) is 0 Å². The number of nitrogens with one attached hydrogen (secondary N) is 2. The highest BCUT2D eigenvalue weighted by Crippen LogP contribution is 2.33. The second-order valence-electron chi connectivity index (χ2n) is 4.27. The van der Waals surface area contributed by atoms with Crippen LogP contribution in [0.4, 0.5) is 11.4 Å². The van der Waals surface area contributed by atoms with Gasteiger partial charge in [0.25, 0.3) is 11.6 Å². The Morgan fingerprint density at radius 3 is 2.58 bits per heavy atom. The number of hydrogen-bond acceptors (Lipinski definition) is 4. The average Bonchev–Trinajstić information content (AvgIpc) is 2.30. The largest absolute Gasteiger partial charge is 0.379 e. The van der Waals surface area contributed by atoms with E-state index in [0.717, 1.165) is 0 Å². The Hall–Kier alpha value is -1.82. The zero-order chi connectivity index (χ0) is 14.6. The van der Waals surface area contributed by atoms with Gasteiger partial charge in [-0.05, 0) is 26.8 Å². The van der Waals surface area contributed by atoms with Crippen molar-refractivity contribution in [2.45, 2.75) is 26.8 Å². The molecule has 1 rings (SSSR count). The maximum atomic E-state index is 11.8. The molecule has 2 N–H and O–H groups in total. The summed E-state index contributed by atoms with van der Waals surface area (Å²) in [6.07, 6.45) is 0. The molecule has 7 heteroatoms. The second-order valence-corrected chi connectivity index (χ2v) is 4.67. The molecule has 6 nitrogen and oxygen atoms in total. The molecule has 0 aromatic heterocycles. The first-order valence-corrected chi connectivity index (χ1v) is 6.27.